The molecule has 0 aliphatic heterocycles. The average Bonchev–Trinajstić information content (AvgIpc) is 2.33. The highest BCUT2D eigenvalue weighted by atomic mass is 79.9. The molecule has 0 spiro atoms. The second kappa shape index (κ2) is 7.38. The van der Waals surface area contributed by atoms with Crippen LogP contribution in [0.15, 0.2) is 21.5 Å². The van der Waals surface area contributed by atoms with E-state index in [1.807, 2.05) is 13.0 Å². The van der Waals surface area contributed by atoms with Gasteiger partial charge in [-0.05, 0) is 50.1 Å². The molecular weight excluding hydrogens is 328 g/mol. The summed E-state index contributed by atoms with van der Waals surface area (Å²) in [4.78, 5) is 0.351. The molecule has 0 unspecified atom stereocenters. The highest BCUT2D eigenvalue weighted by molar-refractivity contribution is 9.10. The molecule has 1 aromatic carbocycles. The molecule has 0 amide bonds. The zero-order valence-electron chi connectivity index (χ0n) is 11.6. The van der Waals surface area contributed by atoms with E-state index in [0.717, 1.165) is 28.6 Å². The van der Waals surface area contributed by atoms with Gasteiger partial charge in [0.25, 0.3) is 0 Å². The predicted octanol–water partition coefficient (Wildman–Crippen LogP) is 2.34. The molecule has 2 N–H and O–H groups in total. The lowest BCUT2D eigenvalue weighted by Crippen LogP contribution is -2.32. The first-order valence-corrected chi connectivity index (χ1v) is 8.63. The maximum atomic E-state index is 12.2. The Morgan fingerprint density at radius 2 is 1.79 bits per heavy atom. The van der Waals surface area contributed by atoms with Gasteiger partial charge in [0.2, 0.25) is 10.0 Å². The highest BCUT2D eigenvalue weighted by Gasteiger charge is 2.17. The van der Waals surface area contributed by atoms with Crippen LogP contribution < -0.4 is 10.0 Å². The number of hydrogen-bond donors (Lipinski definition) is 2. The quantitative estimate of drug-likeness (QED) is 0.743. The summed E-state index contributed by atoms with van der Waals surface area (Å²) in [7, 11) is -3.43. The summed E-state index contributed by atoms with van der Waals surface area (Å²) in [6.07, 6.45) is 1.04. The van der Waals surface area contributed by atoms with E-state index in [2.05, 4.69) is 32.9 Å². The second-order valence-corrected chi connectivity index (χ2v) is 7.10. The molecule has 0 aliphatic carbocycles. The van der Waals surface area contributed by atoms with Crippen molar-refractivity contribution in [1.29, 1.82) is 0 Å². The van der Waals surface area contributed by atoms with Crippen LogP contribution in [0, 0.1) is 13.8 Å². The lowest BCUT2D eigenvalue weighted by Gasteiger charge is -2.11. The summed E-state index contributed by atoms with van der Waals surface area (Å²) in [6, 6.07) is 3.53. The van der Waals surface area contributed by atoms with Crippen LogP contribution in [-0.2, 0) is 10.0 Å². The predicted molar refractivity (Wildman–Crippen MR) is 82.0 cm³/mol. The molecule has 6 heteroatoms. The number of aryl methyl sites for hydroxylation is 2. The van der Waals surface area contributed by atoms with E-state index in [-0.39, 0.29) is 0 Å². The number of sulfonamides is 1. The summed E-state index contributed by atoms with van der Waals surface area (Å²) in [5.41, 5.74) is 1.65. The Balaban J connectivity index is 2.75. The monoisotopic (exact) mass is 348 g/mol. The normalized spacial score (nSPS) is 11.8. The number of nitrogens with one attached hydrogen (secondary N) is 2. The van der Waals surface area contributed by atoms with E-state index in [0.29, 0.717) is 18.0 Å². The van der Waals surface area contributed by atoms with Crippen LogP contribution in [0.5, 0.6) is 0 Å². The van der Waals surface area contributed by atoms with Gasteiger partial charge < -0.3 is 5.32 Å². The topological polar surface area (TPSA) is 58.2 Å². The fourth-order valence-electron chi connectivity index (χ4n) is 1.70. The molecule has 1 aromatic rings. The maximum Gasteiger partial charge on any atom is 0.240 e. The van der Waals surface area contributed by atoms with Crippen molar-refractivity contribution in [3.63, 3.8) is 0 Å². The molecule has 0 aromatic heterocycles. The Morgan fingerprint density at radius 3 is 2.42 bits per heavy atom. The molecule has 4 nitrogen and oxygen atoms in total. The molecule has 19 heavy (non-hydrogen) atoms. The zero-order valence-corrected chi connectivity index (χ0v) is 14.0. The van der Waals surface area contributed by atoms with Crippen LogP contribution in [0.2, 0.25) is 0 Å². The van der Waals surface area contributed by atoms with Gasteiger partial charge in [0.15, 0.2) is 0 Å². The smallest absolute Gasteiger partial charge is 0.240 e. The molecule has 0 bridgehead atoms. The van der Waals surface area contributed by atoms with Gasteiger partial charge in [-0.3, -0.25) is 0 Å². The van der Waals surface area contributed by atoms with E-state index in [1.54, 1.807) is 13.0 Å². The molecule has 108 valence electrons. The summed E-state index contributed by atoms with van der Waals surface area (Å²) in [5.74, 6) is 0. The third kappa shape index (κ3) is 4.87. The van der Waals surface area contributed by atoms with Crippen molar-refractivity contribution >= 4 is 26.0 Å². The minimum atomic E-state index is -3.43. The fraction of sp³-hybridized carbons (Fsp3) is 0.538. The Morgan fingerprint density at radius 1 is 1.11 bits per heavy atom. The molecule has 0 fully saturated rings. The van der Waals surface area contributed by atoms with Crippen molar-refractivity contribution in [2.45, 2.75) is 32.1 Å². The number of rotatable bonds is 7. The van der Waals surface area contributed by atoms with Crippen LogP contribution >= 0.6 is 15.9 Å². The van der Waals surface area contributed by atoms with Crippen molar-refractivity contribution in [3.8, 4) is 0 Å². The van der Waals surface area contributed by atoms with Crippen molar-refractivity contribution in [1.82, 2.24) is 10.0 Å². The summed E-state index contributed by atoms with van der Waals surface area (Å²) in [5, 5.41) is 3.16. The van der Waals surface area contributed by atoms with Crippen LogP contribution in [0.3, 0.4) is 0 Å². The largest absolute Gasteiger partial charge is 0.315 e. The number of halogens is 1. The van der Waals surface area contributed by atoms with Gasteiger partial charge in [-0.15, -0.1) is 0 Å². The molecule has 0 saturated heterocycles. The Bertz CT molecular complexity index is 530. The van der Waals surface area contributed by atoms with E-state index in [4.69, 9.17) is 0 Å². The second-order valence-electron chi connectivity index (χ2n) is 4.51. The lowest BCUT2D eigenvalue weighted by atomic mass is 10.2. The molecule has 0 heterocycles. The van der Waals surface area contributed by atoms with Gasteiger partial charge in [-0.2, -0.15) is 0 Å². The first kappa shape index (κ1) is 16.6. The Labute approximate surface area is 124 Å². The van der Waals surface area contributed by atoms with Gasteiger partial charge in [0.05, 0.1) is 4.90 Å². The standard InChI is InChI=1S/C13H21BrN2O2S/c1-4-5-15-6-7-16-19(17,18)13-9-10(2)12(14)8-11(13)3/h8-9,15-16H,4-7H2,1-3H3. The lowest BCUT2D eigenvalue weighted by molar-refractivity contribution is 0.575. The molecule has 0 radical (unpaired) electrons. The van der Waals surface area contributed by atoms with E-state index in [9.17, 15) is 8.42 Å². The van der Waals surface area contributed by atoms with Gasteiger partial charge in [-0.25, -0.2) is 13.1 Å². The van der Waals surface area contributed by atoms with Crippen LogP contribution in [0.25, 0.3) is 0 Å². The fourth-order valence-corrected chi connectivity index (χ4v) is 3.50. The van der Waals surface area contributed by atoms with Crippen molar-refractivity contribution < 1.29 is 8.42 Å². The van der Waals surface area contributed by atoms with Crippen molar-refractivity contribution in [2.24, 2.45) is 0 Å². The third-order valence-electron chi connectivity index (χ3n) is 2.77. The Hall–Kier alpha value is -0.430. The Kier molecular flexibility index (Phi) is 6.46. The molecule has 0 saturated carbocycles. The van der Waals surface area contributed by atoms with Gasteiger partial charge in [0, 0.05) is 17.6 Å². The first-order valence-electron chi connectivity index (χ1n) is 6.35. The van der Waals surface area contributed by atoms with Crippen LogP contribution in [0.1, 0.15) is 24.5 Å². The van der Waals surface area contributed by atoms with E-state index in [1.165, 1.54) is 0 Å². The van der Waals surface area contributed by atoms with Gasteiger partial charge in [-0.1, -0.05) is 22.9 Å². The molecule has 0 atom stereocenters. The number of hydrogen-bond acceptors (Lipinski definition) is 3. The van der Waals surface area contributed by atoms with Gasteiger partial charge in [0.1, 0.15) is 0 Å². The van der Waals surface area contributed by atoms with E-state index >= 15 is 0 Å². The third-order valence-corrected chi connectivity index (χ3v) is 5.22. The van der Waals surface area contributed by atoms with Crippen LogP contribution in [0.4, 0.5) is 0 Å². The zero-order chi connectivity index (χ0) is 14.5. The molecule has 0 aliphatic rings. The SMILES string of the molecule is CCCNCCNS(=O)(=O)c1cc(C)c(Br)cc1C. The van der Waals surface area contributed by atoms with Crippen LogP contribution in [-0.4, -0.2) is 28.1 Å². The summed E-state index contributed by atoms with van der Waals surface area (Å²) in [6.45, 7) is 7.70. The average molecular weight is 349 g/mol. The van der Waals surface area contributed by atoms with Crippen molar-refractivity contribution in [3.05, 3.63) is 27.7 Å². The maximum absolute atomic E-state index is 12.2. The summed E-state index contributed by atoms with van der Waals surface area (Å²) < 4.78 is 27.9. The number of benzene rings is 1. The minimum absolute atomic E-state index is 0.351. The first-order chi connectivity index (χ1) is 8.88. The van der Waals surface area contributed by atoms with Gasteiger partial charge >= 0.3 is 0 Å². The molecular formula is C13H21BrN2O2S. The minimum Gasteiger partial charge on any atom is -0.315 e. The van der Waals surface area contributed by atoms with Crippen molar-refractivity contribution in [2.75, 3.05) is 19.6 Å². The molecule has 1 rings (SSSR count). The summed E-state index contributed by atoms with van der Waals surface area (Å²) >= 11 is 3.40. The highest BCUT2D eigenvalue weighted by Crippen LogP contribution is 2.23. The van der Waals surface area contributed by atoms with E-state index < -0.39 is 10.0 Å².